The molecule has 1 aromatic carbocycles. The summed E-state index contributed by atoms with van der Waals surface area (Å²) in [4.78, 5) is 23.2. The third kappa shape index (κ3) is 3.09. The maximum Gasteiger partial charge on any atom is 0.338 e. The third-order valence-corrected chi connectivity index (χ3v) is 2.66. The van der Waals surface area contributed by atoms with Crippen molar-refractivity contribution in [1.29, 1.82) is 5.26 Å². The number of nitrogens with one attached hydrogen (secondary N) is 1. The lowest BCUT2D eigenvalue weighted by Crippen LogP contribution is -2.30. The molecule has 1 heterocycles. The fourth-order valence-electron chi connectivity index (χ4n) is 1.54. The second-order valence-corrected chi connectivity index (χ2v) is 4.04. The Labute approximate surface area is 110 Å². The molecule has 2 atom stereocenters. The Morgan fingerprint density at radius 3 is 2.58 bits per heavy atom. The van der Waals surface area contributed by atoms with Crippen LogP contribution in [-0.2, 0) is 4.74 Å². The summed E-state index contributed by atoms with van der Waals surface area (Å²) in [6.07, 6.45) is 0. The summed E-state index contributed by atoms with van der Waals surface area (Å²) in [6, 6.07) is 7.97. The van der Waals surface area contributed by atoms with Crippen molar-refractivity contribution >= 4 is 11.9 Å². The molecule has 0 saturated carbocycles. The van der Waals surface area contributed by atoms with E-state index >= 15 is 0 Å². The molecule has 1 saturated heterocycles. The van der Waals surface area contributed by atoms with Crippen LogP contribution in [0.4, 0.5) is 0 Å². The first kappa shape index (κ1) is 13.1. The van der Waals surface area contributed by atoms with Crippen molar-refractivity contribution in [3.63, 3.8) is 0 Å². The second kappa shape index (κ2) is 5.50. The zero-order valence-corrected chi connectivity index (χ0v) is 10.4. The van der Waals surface area contributed by atoms with Crippen LogP contribution in [0.5, 0.6) is 0 Å². The molecule has 0 aliphatic carbocycles. The molecule has 2 rings (SSSR count). The first-order valence-electron chi connectivity index (χ1n) is 5.90. The summed E-state index contributed by atoms with van der Waals surface area (Å²) in [7, 11) is 0. The maximum absolute atomic E-state index is 11.8. The molecule has 6 nitrogen and oxygen atoms in total. The van der Waals surface area contributed by atoms with Crippen LogP contribution in [0, 0.1) is 11.3 Å². The monoisotopic (exact) mass is 259 g/mol. The summed E-state index contributed by atoms with van der Waals surface area (Å²) < 4.78 is 4.85. The quantitative estimate of drug-likeness (QED) is 0.636. The van der Waals surface area contributed by atoms with E-state index < -0.39 is 5.97 Å². The average molecular weight is 259 g/mol. The highest BCUT2D eigenvalue weighted by molar-refractivity contribution is 5.96. The van der Waals surface area contributed by atoms with E-state index in [2.05, 4.69) is 5.43 Å². The van der Waals surface area contributed by atoms with E-state index in [0.717, 1.165) is 0 Å². The van der Waals surface area contributed by atoms with Gasteiger partial charge in [0.2, 0.25) is 0 Å². The number of amides is 1. The molecule has 0 spiro atoms. The van der Waals surface area contributed by atoms with Crippen molar-refractivity contribution in [1.82, 2.24) is 10.4 Å². The lowest BCUT2D eigenvalue weighted by Gasteiger charge is -2.06. The van der Waals surface area contributed by atoms with Crippen molar-refractivity contribution in [3.8, 4) is 6.07 Å². The van der Waals surface area contributed by atoms with Crippen LogP contribution in [0.2, 0.25) is 0 Å². The van der Waals surface area contributed by atoms with Crippen molar-refractivity contribution in [2.45, 2.75) is 13.0 Å². The van der Waals surface area contributed by atoms with E-state index in [0.29, 0.717) is 24.3 Å². The number of carbonyl (C=O) groups excluding carboxylic acids is 2. The van der Waals surface area contributed by atoms with Crippen molar-refractivity contribution in [2.75, 3.05) is 13.2 Å². The number of esters is 1. The molecule has 1 amide bonds. The molecule has 1 aliphatic rings. The number of nitriles is 1. The molecule has 0 radical (unpaired) electrons. The predicted octanol–water partition coefficient (Wildman–Crippen LogP) is 0.716. The Morgan fingerprint density at radius 1 is 1.42 bits per heavy atom. The van der Waals surface area contributed by atoms with Crippen LogP contribution in [0.3, 0.4) is 0 Å². The van der Waals surface area contributed by atoms with Gasteiger partial charge in [-0.3, -0.25) is 10.2 Å². The highest BCUT2D eigenvalue weighted by atomic mass is 16.5. The van der Waals surface area contributed by atoms with Gasteiger partial charge in [-0.2, -0.15) is 10.3 Å². The first-order valence-corrected chi connectivity index (χ1v) is 5.90. The van der Waals surface area contributed by atoms with Crippen molar-refractivity contribution in [3.05, 3.63) is 35.4 Å². The molecule has 1 aliphatic heterocycles. The van der Waals surface area contributed by atoms with Gasteiger partial charge in [0.1, 0.15) is 6.04 Å². The predicted molar refractivity (Wildman–Crippen MR) is 66.0 cm³/mol. The number of hydrazine groups is 1. The summed E-state index contributed by atoms with van der Waals surface area (Å²) in [5.41, 5.74) is 3.43. The second-order valence-electron chi connectivity index (χ2n) is 4.04. The SMILES string of the molecule is CCOC(=O)c1ccc(C(=O)NN2CC2C#N)cc1. The molecule has 1 aromatic rings. The first-order chi connectivity index (χ1) is 9.15. The molecular formula is C13H13N3O3. The Kier molecular flexibility index (Phi) is 3.78. The van der Waals surface area contributed by atoms with Crippen LogP contribution >= 0.6 is 0 Å². The van der Waals surface area contributed by atoms with Crippen molar-refractivity contribution < 1.29 is 14.3 Å². The molecular weight excluding hydrogens is 246 g/mol. The molecule has 1 fully saturated rings. The summed E-state index contributed by atoms with van der Waals surface area (Å²) in [6.45, 7) is 2.59. The number of benzene rings is 1. The Hall–Kier alpha value is -2.39. The molecule has 19 heavy (non-hydrogen) atoms. The van der Waals surface area contributed by atoms with E-state index in [9.17, 15) is 9.59 Å². The topological polar surface area (TPSA) is 82.2 Å². The van der Waals surface area contributed by atoms with Crippen LogP contribution in [-0.4, -0.2) is 36.1 Å². The number of nitrogens with zero attached hydrogens (tertiary/aromatic N) is 2. The van der Waals surface area contributed by atoms with Gasteiger partial charge in [0.05, 0.1) is 24.8 Å². The zero-order valence-electron chi connectivity index (χ0n) is 10.4. The van der Waals surface area contributed by atoms with Crippen LogP contribution < -0.4 is 5.43 Å². The minimum atomic E-state index is -0.412. The molecule has 6 heteroatoms. The molecule has 0 aromatic heterocycles. The van der Waals surface area contributed by atoms with Gasteiger partial charge in [0.15, 0.2) is 0 Å². The van der Waals surface area contributed by atoms with E-state index in [1.165, 1.54) is 12.1 Å². The van der Waals surface area contributed by atoms with Gasteiger partial charge >= 0.3 is 5.97 Å². The van der Waals surface area contributed by atoms with Gasteiger partial charge < -0.3 is 4.74 Å². The molecule has 98 valence electrons. The lowest BCUT2D eigenvalue weighted by molar-refractivity contribution is 0.0526. The summed E-state index contributed by atoms with van der Waals surface area (Å²) in [5.74, 6) is -0.710. The number of ether oxygens (including phenoxy) is 1. The largest absolute Gasteiger partial charge is 0.462 e. The van der Waals surface area contributed by atoms with E-state index in [4.69, 9.17) is 10.00 Å². The summed E-state index contributed by atoms with van der Waals surface area (Å²) in [5, 5.41) is 10.2. The van der Waals surface area contributed by atoms with Crippen LogP contribution in [0.25, 0.3) is 0 Å². The van der Waals surface area contributed by atoms with Gasteiger partial charge in [-0.25, -0.2) is 4.79 Å². The fourth-order valence-corrected chi connectivity index (χ4v) is 1.54. The number of hydrogen-bond donors (Lipinski definition) is 1. The summed E-state index contributed by atoms with van der Waals surface area (Å²) >= 11 is 0. The standard InChI is InChI=1S/C13H13N3O3/c1-2-19-13(18)10-5-3-9(4-6-10)12(17)15-16-8-11(16)7-14/h3-6,11H,2,8H2,1H3,(H,15,17). The van der Waals surface area contributed by atoms with Gasteiger partial charge in [-0.15, -0.1) is 0 Å². The van der Waals surface area contributed by atoms with Crippen LogP contribution in [0.1, 0.15) is 27.6 Å². The van der Waals surface area contributed by atoms with Crippen LogP contribution in [0.15, 0.2) is 24.3 Å². The van der Waals surface area contributed by atoms with Gasteiger partial charge in [-0.05, 0) is 31.2 Å². The smallest absolute Gasteiger partial charge is 0.338 e. The number of hydrogen-bond acceptors (Lipinski definition) is 5. The Balaban J connectivity index is 1.96. The van der Waals surface area contributed by atoms with Gasteiger partial charge in [-0.1, -0.05) is 0 Å². The molecule has 2 unspecified atom stereocenters. The van der Waals surface area contributed by atoms with E-state index in [1.54, 1.807) is 24.1 Å². The number of carbonyl (C=O) groups is 2. The molecule has 0 bridgehead atoms. The van der Waals surface area contributed by atoms with Gasteiger partial charge in [0.25, 0.3) is 5.91 Å². The molecule has 1 N–H and O–H groups in total. The minimum Gasteiger partial charge on any atom is -0.462 e. The zero-order chi connectivity index (χ0) is 13.8. The fraction of sp³-hybridized carbons (Fsp3) is 0.308. The average Bonchev–Trinajstić information content (AvgIpc) is 3.17. The van der Waals surface area contributed by atoms with E-state index in [-0.39, 0.29) is 11.9 Å². The third-order valence-electron chi connectivity index (χ3n) is 2.66. The highest BCUT2D eigenvalue weighted by Gasteiger charge is 2.35. The lowest BCUT2D eigenvalue weighted by atomic mass is 10.1. The minimum absolute atomic E-state index is 0.234. The Bertz CT molecular complexity index is 533. The van der Waals surface area contributed by atoms with E-state index in [1.807, 2.05) is 6.07 Å². The Morgan fingerprint density at radius 2 is 2.05 bits per heavy atom. The normalized spacial score (nSPS) is 20.2. The number of rotatable bonds is 4. The highest BCUT2D eigenvalue weighted by Crippen LogP contribution is 2.13. The van der Waals surface area contributed by atoms with Gasteiger partial charge in [0, 0.05) is 5.56 Å². The van der Waals surface area contributed by atoms with Crippen molar-refractivity contribution in [2.24, 2.45) is 0 Å². The maximum atomic E-state index is 11.8.